The molecule has 3 saturated carbocycles. The molecule has 4 heteroatoms. The minimum atomic E-state index is -0.723. The highest BCUT2D eigenvalue weighted by Crippen LogP contribution is 2.38. The largest absolute Gasteiger partial charge is 0.480 e. The molecule has 0 spiro atoms. The van der Waals surface area contributed by atoms with Gasteiger partial charge in [-0.1, -0.05) is 13.8 Å². The van der Waals surface area contributed by atoms with E-state index in [0.29, 0.717) is 25.0 Å². The number of carbonyl (C=O) groups is 1. The van der Waals surface area contributed by atoms with Gasteiger partial charge in [-0.15, -0.1) is 0 Å². The fourth-order valence-electron chi connectivity index (χ4n) is 4.02. The number of hydrogen-bond donors (Lipinski definition) is 2. The van der Waals surface area contributed by atoms with E-state index >= 15 is 0 Å². The van der Waals surface area contributed by atoms with Gasteiger partial charge in [0.25, 0.3) is 0 Å². The molecule has 5 atom stereocenters. The van der Waals surface area contributed by atoms with Gasteiger partial charge in [-0.3, -0.25) is 10.1 Å². The zero-order valence-corrected chi connectivity index (χ0v) is 13.3. The van der Waals surface area contributed by atoms with Gasteiger partial charge < -0.3 is 9.84 Å². The van der Waals surface area contributed by atoms with E-state index in [1.54, 1.807) is 0 Å². The summed E-state index contributed by atoms with van der Waals surface area (Å²) in [6.07, 6.45) is 8.45. The van der Waals surface area contributed by atoms with E-state index < -0.39 is 11.5 Å². The number of aliphatic carboxylic acids is 1. The minimum Gasteiger partial charge on any atom is -0.480 e. The SMILES string of the molecule is CC1CCC(OC2CCC(NC3CC3)(C(=O)O)C2)CC1C. The molecule has 0 aromatic rings. The van der Waals surface area contributed by atoms with Crippen LogP contribution in [0, 0.1) is 11.8 Å². The van der Waals surface area contributed by atoms with E-state index in [2.05, 4.69) is 19.2 Å². The lowest BCUT2D eigenvalue weighted by Gasteiger charge is -2.34. The highest BCUT2D eigenvalue weighted by atomic mass is 16.5. The van der Waals surface area contributed by atoms with Crippen LogP contribution in [0.15, 0.2) is 0 Å². The fraction of sp³-hybridized carbons (Fsp3) is 0.941. The van der Waals surface area contributed by atoms with E-state index in [-0.39, 0.29) is 6.10 Å². The lowest BCUT2D eigenvalue weighted by Crippen LogP contribution is -2.51. The molecule has 3 aliphatic rings. The van der Waals surface area contributed by atoms with Crippen LogP contribution in [-0.2, 0) is 9.53 Å². The summed E-state index contributed by atoms with van der Waals surface area (Å²) in [6.45, 7) is 4.64. The Morgan fingerprint density at radius 2 is 1.86 bits per heavy atom. The van der Waals surface area contributed by atoms with Gasteiger partial charge in [0, 0.05) is 12.5 Å². The number of nitrogens with one attached hydrogen (secondary N) is 1. The van der Waals surface area contributed by atoms with Crippen LogP contribution in [0.3, 0.4) is 0 Å². The van der Waals surface area contributed by atoms with Crippen LogP contribution in [0.2, 0.25) is 0 Å². The van der Waals surface area contributed by atoms with Crippen molar-refractivity contribution in [2.24, 2.45) is 11.8 Å². The normalized spacial score (nSPS) is 43.9. The van der Waals surface area contributed by atoms with Crippen LogP contribution >= 0.6 is 0 Å². The lowest BCUT2D eigenvalue weighted by atomic mass is 9.80. The first-order valence-corrected chi connectivity index (χ1v) is 8.65. The summed E-state index contributed by atoms with van der Waals surface area (Å²) in [6, 6.07) is 0.426. The number of ether oxygens (including phenoxy) is 1. The molecule has 3 aliphatic carbocycles. The molecular formula is C17H29NO3. The highest BCUT2D eigenvalue weighted by molar-refractivity contribution is 5.79. The summed E-state index contributed by atoms with van der Waals surface area (Å²) >= 11 is 0. The van der Waals surface area contributed by atoms with Crippen LogP contribution in [0.1, 0.15) is 65.2 Å². The highest BCUT2D eigenvalue weighted by Gasteiger charge is 2.49. The summed E-state index contributed by atoms with van der Waals surface area (Å²) in [5.41, 5.74) is -0.723. The molecule has 0 saturated heterocycles. The summed E-state index contributed by atoms with van der Waals surface area (Å²) in [4.78, 5) is 11.7. The average molecular weight is 295 g/mol. The van der Waals surface area contributed by atoms with Crippen LogP contribution in [0.25, 0.3) is 0 Å². The second-order valence-corrected chi connectivity index (χ2v) is 7.70. The third kappa shape index (κ3) is 3.42. The molecule has 120 valence electrons. The monoisotopic (exact) mass is 295 g/mol. The second kappa shape index (κ2) is 5.88. The maximum atomic E-state index is 11.7. The van der Waals surface area contributed by atoms with Gasteiger partial charge in [0.05, 0.1) is 12.2 Å². The van der Waals surface area contributed by atoms with Crippen molar-refractivity contribution in [1.29, 1.82) is 0 Å². The molecule has 0 bridgehead atoms. The molecule has 0 aromatic heterocycles. The maximum Gasteiger partial charge on any atom is 0.324 e. The van der Waals surface area contributed by atoms with Crippen LogP contribution in [0.5, 0.6) is 0 Å². The third-order valence-corrected chi connectivity index (χ3v) is 5.87. The first kappa shape index (κ1) is 15.3. The Balaban J connectivity index is 1.54. The standard InChI is InChI=1S/C17H29NO3/c1-11-3-6-14(9-12(11)2)21-15-7-8-17(10-15,16(19)20)18-13-4-5-13/h11-15,18H,3-10H2,1-2H3,(H,19,20). The van der Waals surface area contributed by atoms with E-state index in [1.807, 2.05) is 0 Å². The van der Waals surface area contributed by atoms with Crippen molar-refractivity contribution in [3.63, 3.8) is 0 Å². The van der Waals surface area contributed by atoms with E-state index in [9.17, 15) is 9.90 Å². The molecule has 0 heterocycles. The number of rotatable bonds is 5. The van der Waals surface area contributed by atoms with E-state index in [0.717, 1.165) is 43.9 Å². The Labute approximate surface area is 127 Å². The smallest absolute Gasteiger partial charge is 0.324 e. The predicted octanol–water partition coefficient (Wildman–Crippen LogP) is 2.96. The van der Waals surface area contributed by atoms with Crippen molar-refractivity contribution in [2.75, 3.05) is 0 Å². The number of carboxylic acid groups (broad SMARTS) is 1. The molecule has 5 unspecified atom stereocenters. The molecule has 21 heavy (non-hydrogen) atoms. The molecule has 4 nitrogen and oxygen atoms in total. The van der Waals surface area contributed by atoms with E-state index in [1.165, 1.54) is 6.42 Å². The molecular weight excluding hydrogens is 266 g/mol. The summed E-state index contributed by atoms with van der Waals surface area (Å²) in [5.74, 6) is 0.827. The Kier molecular flexibility index (Phi) is 4.28. The van der Waals surface area contributed by atoms with Crippen molar-refractivity contribution < 1.29 is 14.6 Å². The van der Waals surface area contributed by atoms with Crippen molar-refractivity contribution in [3.05, 3.63) is 0 Å². The Bertz CT molecular complexity index is 395. The minimum absolute atomic E-state index is 0.123. The van der Waals surface area contributed by atoms with Gasteiger partial charge in [0.15, 0.2) is 0 Å². The molecule has 2 N–H and O–H groups in total. The first-order valence-electron chi connectivity index (χ1n) is 8.65. The molecule has 0 amide bonds. The average Bonchev–Trinajstić information content (AvgIpc) is 3.14. The molecule has 0 radical (unpaired) electrons. The molecule has 3 rings (SSSR count). The summed E-state index contributed by atoms with van der Waals surface area (Å²) in [5, 5.41) is 13.0. The van der Waals surface area contributed by atoms with Gasteiger partial charge in [0.2, 0.25) is 0 Å². The van der Waals surface area contributed by atoms with Gasteiger partial charge in [-0.2, -0.15) is 0 Å². The van der Waals surface area contributed by atoms with Crippen molar-refractivity contribution in [1.82, 2.24) is 5.32 Å². The Morgan fingerprint density at radius 1 is 1.10 bits per heavy atom. The summed E-state index contributed by atoms with van der Waals surface area (Å²) in [7, 11) is 0. The summed E-state index contributed by atoms with van der Waals surface area (Å²) < 4.78 is 6.28. The van der Waals surface area contributed by atoms with Crippen molar-refractivity contribution in [3.8, 4) is 0 Å². The third-order valence-electron chi connectivity index (χ3n) is 5.87. The maximum absolute atomic E-state index is 11.7. The zero-order chi connectivity index (χ0) is 15.0. The van der Waals surface area contributed by atoms with E-state index in [4.69, 9.17) is 4.74 Å². The van der Waals surface area contributed by atoms with Crippen LogP contribution in [0.4, 0.5) is 0 Å². The Morgan fingerprint density at radius 3 is 2.48 bits per heavy atom. The second-order valence-electron chi connectivity index (χ2n) is 7.70. The number of hydrogen-bond acceptors (Lipinski definition) is 3. The Hall–Kier alpha value is -0.610. The fourth-order valence-corrected chi connectivity index (χ4v) is 4.02. The van der Waals surface area contributed by atoms with Crippen molar-refractivity contribution in [2.45, 2.75) is 89.0 Å². The molecule has 0 aliphatic heterocycles. The molecule has 3 fully saturated rings. The quantitative estimate of drug-likeness (QED) is 0.818. The lowest BCUT2D eigenvalue weighted by molar-refractivity contribution is -0.145. The van der Waals surface area contributed by atoms with Gasteiger partial charge >= 0.3 is 5.97 Å². The van der Waals surface area contributed by atoms with Crippen molar-refractivity contribution >= 4 is 5.97 Å². The molecule has 0 aromatic carbocycles. The zero-order valence-electron chi connectivity index (χ0n) is 13.3. The number of carboxylic acids is 1. The first-order chi connectivity index (χ1) is 9.98. The van der Waals surface area contributed by atoms with Gasteiger partial charge in [0.1, 0.15) is 5.54 Å². The van der Waals surface area contributed by atoms with Crippen LogP contribution in [-0.4, -0.2) is 34.9 Å². The predicted molar refractivity (Wildman–Crippen MR) is 81.2 cm³/mol. The topological polar surface area (TPSA) is 58.6 Å². The van der Waals surface area contributed by atoms with Gasteiger partial charge in [-0.25, -0.2) is 0 Å². The van der Waals surface area contributed by atoms with Gasteiger partial charge in [-0.05, 0) is 56.8 Å². The van der Waals surface area contributed by atoms with Crippen LogP contribution < -0.4 is 5.32 Å².